The van der Waals surface area contributed by atoms with Gasteiger partial charge in [0.05, 0.1) is 37.6 Å². The van der Waals surface area contributed by atoms with Crippen molar-refractivity contribution in [2.24, 2.45) is 5.92 Å². The molecule has 40 heavy (non-hydrogen) atoms. The van der Waals surface area contributed by atoms with E-state index in [0.29, 0.717) is 47.5 Å². The second kappa shape index (κ2) is 12.3. The molecule has 0 aliphatic carbocycles. The van der Waals surface area contributed by atoms with Gasteiger partial charge in [0.15, 0.2) is 16.6 Å². The highest BCUT2D eigenvalue weighted by atomic mass is 32.1. The van der Waals surface area contributed by atoms with Crippen molar-refractivity contribution in [2.75, 3.05) is 25.2 Å². The van der Waals surface area contributed by atoms with Crippen molar-refractivity contribution in [1.82, 2.24) is 9.97 Å². The molecule has 3 aromatic rings. The van der Waals surface area contributed by atoms with E-state index in [1.165, 1.54) is 24.4 Å². The molecule has 1 aromatic carbocycles. The summed E-state index contributed by atoms with van der Waals surface area (Å²) in [5.41, 5.74) is 1.04. The number of carbonyl (C=O) groups excluding carboxylic acids is 3. The van der Waals surface area contributed by atoms with Crippen LogP contribution in [-0.2, 0) is 14.3 Å². The number of aromatic nitrogens is 2. The summed E-state index contributed by atoms with van der Waals surface area (Å²) in [5.74, 6) is -1.32. The number of methoxy groups -OCH3 is 1. The number of Topliss-reactive ketones (excluding diaryl/α,β-unsaturated/α-hetero) is 1. The van der Waals surface area contributed by atoms with Crippen LogP contribution in [0.2, 0.25) is 0 Å². The molecule has 0 saturated carbocycles. The average molecular weight is 566 g/mol. The van der Waals surface area contributed by atoms with Gasteiger partial charge in [-0.2, -0.15) is 0 Å². The molecule has 0 radical (unpaired) electrons. The van der Waals surface area contributed by atoms with E-state index in [9.17, 15) is 19.5 Å². The molecule has 1 saturated heterocycles. The van der Waals surface area contributed by atoms with E-state index < -0.39 is 23.7 Å². The van der Waals surface area contributed by atoms with Crippen LogP contribution in [0.3, 0.4) is 0 Å². The Bertz CT molecular complexity index is 1450. The SMILES string of the molecule is CCOc1cc(C2/C(=C(\O)c3ccncc3)C(=O)C(=O)N2c2nc(C)c(C(=O)OC)s2)ccc1OCCC(C)C. The molecule has 1 atom stereocenters. The van der Waals surface area contributed by atoms with Gasteiger partial charge >= 0.3 is 11.9 Å². The molecule has 10 nitrogen and oxygen atoms in total. The van der Waals surface area contributed by atoms with Crippen molar-refractivity contribution >= 4 is 39.9 Å². The quantitative estimate of drug-likeness (QED) is 0.155. The van der Waals surface area contributed by atoms with Gasteiger partial charge in [-0.25, -0.2) is 9.78 Å². The maximum atomic E-state index is 13.5. The molecule has 3 heterocycles. The molecule has 210 valence electrons. The number of nitrogens with zero attached hydrogens (tertiary/aromatic N) is 3. The molecule has 11 heteroatoms. The summed E-state index contributed by atoms with van der Waals surface area (Å²) in [6, 6.07) is 7.16. The number of aliphatic hydroxyl groups is 1. The fourth-order valence-corrected chi connectivity index (χ4v) is 5.28. The van der Waals surface area contributed by atoms with Crippen LogP contribution >= 0.6 is 11.3 Å². The molecule has 1 unspecified atom stereocenters. The fraction of sp³-hybridized carbons (Fsp3) is 0.345. The normalized spacial score (nSPS) is 16.4. The number of ketones is 1. The van der Waals surface area contributed by atoms with Gasteiger partial charge < -0.3 is 19.3 Å². The third kappa shape index (κ3) is 5.69. The van der Waals surface area contributed by atoms with E-state index in [2.05, 4.69) is 23.8 Å². The number of carbonyl (C=O) groups is 3. The lowest BCUT2D eigenvalue weighted by atomic mass is 9.95. The smallest absolute Gasteiger partial charge is 0.350 e. The highest BCUT2D eigenvalue weighted by molar-refractivity contribution is 7.17. The van der Waals surface area contributed by atoms with E-state index in [-0.39, 0.29) is 21.3 Å². The Kier molecular flexibility index (Phi) is 8.83. The molecule has 1 aliphatic rings. The monoisotopic (exact) mass is 565 g/mol. The molecule has 0 spiro atoms. The third-order valence-corrected chi connectivity index (χ3v) is 7.43. The van der Waals surface area contributed by atoms with E-state index in [0.717, 1.165) is 17.8 Å². The summed E-state index contributed by atoms with van der Waals surface area (Å²) >= 11 is 0.932. The number of benzene rings is 1. The minimum Gasteiger partial charge on any atom is -0.507 e. The van der Waals surface area contributed by atoms with Crippen LogP contribution < -0.4 is 14.4 Å². The first-order chi connectivity index (χ1) is 19.2. The number of aryl methyl sites for hydroxylation is 1. The number of aliphatic hydroxyl groups excluding tert-OH is 1. The van der Waals surface area contributed by atoms with Gasteiger partial charge in [-0.1, -0.05) is 31.3 Å². The highest BCUT2D eigenvalue weighted by Gasteiger charge is 2.48. The molecular formula is C29H31N3O7S. The average Bonchev–Trinajstić information content (AvgIpc) is 3.45. The zero-order chi connectivity index (χ0) is 29.0. The van der Waals surface area contributed by atoms with E-state index in [4.69, 9.17) is 14.2 Å². The number of pyridine rings is 1. The first-order valence-corrected chi connectivity index (χ1v) is 13.7. The van der Waals surface area contributed by atoms with Crippen molar-refractivity contribution in [3.05, 3.63) is 70.0 Å². The predicted octanol–water partition coefficient (Wildman–Crippen LogP) is 5.08. The molecular weight excluding hydrogens is 534 g/mol. The number of ether oxygens (including phenoxy) is 3. The van der Waals surface area contributed by atoms with Crippen LogP contribution in [0.15, 0.2) is 48.3 Å². The molecule has 1 aliphatic heterocycles. The third-order valence-electron chi connectivity index (χ3n) is 6.30. The van der Waals surface area contributed by atoms with Gasteiger partial charge in [-0.15, -0.1) is 0 Å². The van der Waals surface area contributed by atoms with Gasteiger partial charge in [-0.3, -0.25) is 19.5 Å². The van der Waals surface area contributed by atoms with Crippen LogP contribution in [0.4, 0.5) is 5.13 Å². The number of esters is 1. The van der Waals surface area contributed by atoms with Gasteiger partial charge in [0.25, 0.3) is 5.78 Å². The van der Waals surface area contributed by atoms with Crippen LogP contribution in [0, 0.1) is 12.8 Å². The Labute approximate surface area is 236 Å². The number of thiazole rings is 1. The minimum atomic E-state index is -1.06. The molecule has 2 aromatic heterocycles. The van der Waals surface area contributed by atoms with Gasteiger partial charge in [-0.05, 0) is 56.0 Å². The topological polar surface area (TPSA) is 128 Å². The molecule has 0 bridgehead atoms. The van der Waals surface area contributed by atoms with E-state index in [1.54, 1.807) is 37.3 Å². The second-order valence-corrected chi connectivity index (χ2v) is 10.5. The lowest BCUT2D eigenvalue weighted by Crippen LogP contribution is -2.29. The number of hydrogen-bond donors (Lipinski definition) is 1. The lowest BCUT2D eigenvalue weighted by Gasteiger charge is -2.24. The highest BCUT2D eigenvalue weighted by Crippen LogP contribution is 2.45. The largest absolute Gasteiger partial charge is 0.507 e. The maximum absolute atomic E-state index is 13.5. The first-order valence-electron chi connectivity index (χ1n) is 12.8. The molecule has 1 amide bonds. The van der Waals surface area contributed by atoms with Crippen LogP contribution in [-0.4, -0.2) is 53.1 Å². The molecule has 1 N–H and O–H groups in total. The summed E-state index contributed by atoms with van der Waals surface area (Å²) in [7, 11) is 1.25. The van der Waals surface area contributed by atoms with Crippen LogP contribution in [0.25, 0.3) is 5.76 Å². The lowest BCUT2D eigenvalue weighted by molar-refractivity contribution is -0.132. The van der Waals surface area contributed by atoms with Gasteiger partial charge in [0.1, 0.15) is 10.6 Å². The maximum Gasteiger partial charge on any atom is 0.350 e. The predicted molar refractivity (Wildman–Crippen MR) is 150 cm³/mol. The summed E-state index contributed by atoms with van der Waals surface area (Å²) in [5, 5.41) is 11.4. The number of hydrogen-bond acceptors (Lipinski definition) is 10. The summed E-state index contributed by atoms with van der Waals surface area (Å²) in [6.07, 6.45) is 3.80. The fourth-order valence-electron chi connectivity index (χ4n) is 4.26. The first kappa shape index (κ1) is 28.8. The summed E-state index contributed by atoms with van der Waals surface area (Å²) in [4.78, 5) is 49.0. The Morgan fingerprint density at radius 3 is 2.50 bits per heavy atom. The Morgan fingerprint density at radius 1 is 1.12 bits per heavy atom. The number of anilines is 1. The second-order valence-electron chi connectivity index (χ2n) is 9.48. The van der Waals surface area contributed by atoms with Gasteiger partial charge in [0.2, 0.25) is 0 Å². The summed E-state index contributed by atoms with van der Waals surface area (Å²) in [6.45, 7) is 8.52. The Morgan fingerprint density at radius 2 is 1.85 bits per heavy atom. The number of amides is 1. The van der Waals surface area contributed by atoms with E-state index >= 15 is 0 Å². The Hall–Kier alpha value is -4.25. The molecule has 4 rings (SSSR count). The number of rotatable bonds is 10. The zero-order valence-electron chi connectivity index (χ0n) is 23.0. The van der Waals surface area contributed by atoms with Crippen molar-refractivity contribution in [1.29, 1.82) is 0 Å². The van der Waals surface area contributed by atoms with Crippen LogP contribution in [0.1, 0.15) is 59.7 Å². The zero-order valence-corrected chi connectivity index (χ0v) is 23.8. The standard InChI is InChI=1S/C29H31N3O7S/c1-6-38-21-15-19(7-8-20(21)39-14-11-16(2)3)23-22(24(33)18-9-12-30-13-10-18)25(34)27(35)32(23)29-31-17(4)26(40-29)28(36)37-5/h7-10,12-13,15-16,23,33H,6,11,14H2,1-5H3/b24-22+. The van der Waals surface area contributed by atoms with Crippen molar-refractivity contribution in [3.63, 3.8) is 0 Å². The van der Waals surface area contributed by atoms with Crippen LogP contribution in [0.5, 0.6) is 11.5 Å². The molecule has 1 fully saturated rings. The van der Waals surface area contributed by atoms with Crippen molar-refractivity contribution < 1.29 is 33.7 Å². The van der Waals surface area contributed by atoms with Crippen molar-refractivity contribution in [2.45, 2.75) is 40.2 Å². The minimum absolute atomic E-state index is 0.119. The summed E-state index contributed by atoms with van der Waals surface area (Å²) < 4.78 is 16.7. The van der Waals surface area contributed by atoms with Crippen molar-refractivity contribution in [3.8, 4) is 11.5 Å². The Balaban J connectivity index is 1.89. The van der Waals surface area contributed by atoms with E-state index in [1.807, 2.05) is 6.92 Å². The van der Waals surface area contributed by atoms with Gasteiger partial charge in [0, 0.05) is 18.0 Å².